The molecule has 0 fully saturated rings. The summed E-state index contributed by atoms with van der Waals surface area (Å²) in [5, 5.41) is 8.93. The number of hydrogen-bond donors (Lipinski definition) is 1. The normalized spacial score (nSPS) is 10.8. The number of ether oxygens (including phenoxy) is 1. The van der Waals surface area contributed by atoms with Crippen LogP contribution in [-0.2, 0) is 9.53 Å². The third-order valence-electron chi connectivity index (χ3n) is 2.89. The molecule has 0 saturated carbocycles. The van der Waals surface area contributed by atoms with Gasteiger partial charge in [-0.2, -0.15) is 0 Å². The zero-order valence-corrected chi connectivity index (χ0v) is 12.8. The quantitative estimate of drug-likeness (QED) is 0.786. The lowest BCUT2D eigenvalue weighted by Crippen LogP contribution is -2.33. The van der Waals surface area contributed by atoms with Crippen LogP contribution in [0.5, 0.6) is 0 Å². The Morgan fingerprint density at radius 3 is 2.67 bits per heavy atom. The summed E-state index contributed by atoms with van der Waals surface area (Å²) in [6.07, 6.45) is 2.39. The Labute approximate surface area is 128 Å². The topological polar surface area (TPSA) is 66.8 Å². The monoisotopic (exact) mass is 311 g/mol. The first kappa shape index (κ1) is 17.2. The predicted octanol–water partition coefficient (Wildman–Crippen LogP) is 2.55. The minimum Gasteiger partial charge on any atom is -0.478 e. The second-order valence-electron chi connectivity index (χ2n) is 4.29. The first-order chi connectivity index (χ1) is 9.99. The molecule has 114 valence electrons. The van der Waals surface area contributed by atoms with E-state index in [9.17, 15) is 9.59 Å². The number of benzene rings is 1. The maximum atomic E-state index is 12.3. The van der Waals surface area contributed by atoms with Gasteiger partial charge in [0.25, 0.3) is 5.91 Å². The van der Waals surface area contributed by atoms with Gasteiger partial charge in [0.15, 0.2) is 0 Å². The van der Waals surface area contributed by atoms with Crippen LogP contribution in [-0.4, -0.2) is 48.7 Å². The number of halogens is 1. The van der Waals surface area contributed by atoms with E-state index in [-0.39, 0.29) is 5.91 Å². The van der Waals surface area contributed by atoms with Crippen molar-refractivity contribution in [3.05, 3.63) is 40.4 Å². The minimum absolute atomic E-state index is 0.134. The standard InChI is InChI=1S/C15H18ClNO4/c1-3-17(8-9-21-2)15(20)12-5-4-11(13(16)10-12)6-7-14(18)19/h4-7,10H,3,8-9H2,1-2H3,(H,18,19)/b7-6+. The van der Waals surface area contributed by atoms with E-state index in [1.54, 1.807) is 30.2 Å². The molecular formula is C15H18ClNO4. The average Bonchev–Trinajstić information content (AvgIpc) is 2.46. The Kier molecular flexibility index (Phi) is 6.91. The molecular weight excluding hydrogens is 294 g/mol. The number of carbonyl (C=O) groups is 2. The van der Waals surface area contributed by atoms with Crippen LogP contribution in [0.4, 0.5) is 0 Å². The second-order valence-corrected chi connectivity index (χ2v) is 4.69. The summed E-state index contributed by atoms with van der Waals surface area (Å²) in [6.45, 7) is 3.43. The Hall–Kier alpha value is -1.85. The van der Waals surface area contributed by atoms with Crippen molar-refractivity contribution in [2.45, 2.75) is 6.92 Å². The van der Waals surface area contributed by atoms with Gasteiger partial charge in [0.2, 0.25) is 0 Å². The smallest absolute Gasteiger partial charge is 0.328 e. The van der Waals surface area contributed by atoms with Gasteiger partial charge in [-0.3, -0.25) is 4.79 Å². The molecule has 0 bridgehead atoms. The molecule has 6 heteroatoms. The molecule has 0 aliphatic heterocycles. The summed E-state index contributed by atoms with van der Waals surface area (Å²) < 4.78 is 4.97. The van der Waals surface area contributed by atoms with Crippen molar-refractivity contribution >= 4 is 29.6 Å². The Morgan fingerprint density at radius 2 is 2.14 bits per heavy atom. The van der Waals surface area contributed by atoms with Crippen molar-refractivity contribution in [1.82, 2.24) is 4.90 Å². The fourth-order valence-electron chi connectivity index (χ4n) is 1.74. The third kappa shape index (κ3) is 5.21. The largest absolute Gasteiger partial charge is 0.478 e. The van der Waals surface area contributed by atoms with Gasteiger partial charge in [-0.05, 0) is 30.7 Å². The van der Waals surface area contributed by atoms with Crippen molar-refractivity contribution in [2.24, 2.45) is 0 Å². The van der Waals surface area contributed by atoms with Crippen LogP contribution in [0.3, 0.4) is 0 Å². The van der Waals surface area contributed by atoms with Gasteiger partial charge in [-0.25, -0.2) is 4.79 Å². The lowest BCUT2D eigenvalue weighted by atomic mass is 10.1. The lowest BCUT2D eigenvalue weighted by molar-refractivity contribution is -0.131. The molecule has 1 rings (SSSR count). The molecule has 0 saturated heterocycles. The summed E-state index contributed by atoms with van der Waals surface area (Å²) in [7, 11) is 1.58. The molecule has 0 unspecified atom stereocenters. The fraction of sp³-hybridized carbons (Fsp3) is 0.333. The van der Waals surface area contributed by atoms with Gasteiger partial charge >= 0.3 is 5.97 Å². The van der Waals surface area contributed by atoms with Crippen LogP contribution < -0.4 is 0 Å². The molecule has 21 heavy (non-hydrogen) atoms. The number of nitrogens with zero attached hydrogens (tertiary/aromatic N) is 1. The maximum absolute atomic E-state index is 12.3. The number of hydrogen-bond acceptors (Lipinski definition) is 3. The van der Waals surface area contributed by atoms with Gasteiger partial charge in [-0.15, -0.1) is 0 Å². The van der Waals surface area contributed by atoms with Crippen molar-refractivity contribution in [2.75, 3.05) is 26.8 Å². The van der Waals surface area contributed by atoms with Gasteiger partial charge < -0.3 is 14.7 Å². The van der Waals surface area contributed by atoms with E-state index in [1.807, 2.05) is 6.92 Å². The summed E-state index contributed by atoms with van der Waals surface area (Å²) in [5.74, 6) is -1.19. The average molecular weight is 312 g/mol. The third-order valence-corrected chi connectivity index (χ3v) is 3.21. The summed E-state index contributed by atoms with van der Waals surface area (Å²) in [6, 6.07) is 4.80. The van der Waals surface area contributed by atoms with Crippen LogP contribution >= 0.6 is 11.6 Å². The summed E-state index contributed by atoms with van der Waals surface area (Å²) in [4.78, 5) is 24.5. The van der Waals surface area contributed by atoms with Crippen molar-refractivity contribution in [3.8, 4) is 0 Å². The summed E-state index contributed by atoms with van der Waals surface area (Å²) in [5.41, 5.74) is 1.01. The lowest BCUT2D eigenvalue weighted by Gasteiger charge is -2.20. The van der Waals surface area contributed by atoms with Crippen LogP contribution in [0.25, 0.3) is 6.08 Å². The minimum atomic E-state index is -1.05. The first-order valence-electron chi connectivity index (χ1n) is 6.48. The van der Waals surface area contributed by atoms with E-state index < -0.39 is 5.97 Å². The zero-order chi connectivity index (χ0) is 15.8. The Balaban J connectivity index is 2.91. The molecule has 0 aromatic heterocycles. The number of carboxylic acid groups (broad SMARTS) is 1. The molecule has 1 amide bonds. The first-order valence-corrected chi connectivity index (χ1v) is 6.86. The zero-order valence-electron chi connectivity index (χ0n) is 12.0. The molecule has 0 atom stereocenters. The van der Waals surface area contributed by atoms with Crippen molar-refractivity contribution in [3.63, 3.8) is 0 Å². The number of amides is 1. The van der Waals surface area contributed by atoms with Gasteiger partial charge in [0.1, 0.15) is 0 Å². The van der Waals surface area contributed by atoms with Crippen molar-refractivity contribution < 1.29 is 19.4 Å². The molecule has 5 nitrogen and oxygen atoms in total. The number of aliphatic carboxylic acids is 1. The SMILES string of the molecule is CCN(CCOC)C(=O)c1ccc(/C=C/C(=O)O)c(Cl)c1. The van der Waals surface area contributed by atoms with Crippen LogP contribution in [0.15, 0.2) is 24.3 Å². The molecule has 1 aromatic rings. The highest BCUT2D eigenvalue weighted by atomic mass is 35.5. The Bertz CT molecular complexity index is 542. The predicted molar refractivity (Wildman–Crippen MR) is 81.6 cm³/mol. The van der Waals surface area contributed by atoms with E-state index in [4.69, 9.17) is 21.4 Å². The highest BCUT2D eigenvalue weighted by Crippen LogP contribution is 2.20. The summed E-state index contributed by atoms with van der Waals surface area (Å²) >= 11 is 6.07. The highest BCUT2D eigenvalue weighted by Gasteiger charge is 2.14. The van der Waals surface area contributed by atoms with Crippen LogP contribution in [0, 0.1) is 0 Å². The second kappa shape index (κ2) is 8.44. The number of likely N-dealkylation sites (N-methyl/N-ethyl adjacent to an activating group) is 1. The number of carboxylic acids is 1. The van der Waals surface area contributed by atoms with E-state index in [1.165, 1.54) is 6.08 Å². The molecule has 1 N–H and O–H groups in total. The highest BCUT2D eigenvalue weighted by molar-refractivity contribution is 6.32. The molecule has 0 spiro atoms. The maximum Gasteiger partial charge on any atom is 0.328 e. The van der Waals surface area contributed by atoms with Crippen LogP contribution in [0.2, 0.25) is 5.02 Å². The van der Waals surface area contributed by atoms with E-state index in [0.717, 1.165) is 6.08 Å². The fourth-order valence-corrected chi connectivity index (χ4v) is 1.99. The number of carbonyl (C=O) groups excluding carboxylic acids is 1. The van der Waals surface area contributed by atoms with Gasteiger partial charge in [0, 0.05) is 36.9 Å². The molecule has 0 aliphatic carbocycles. The van der Waals surface area contributed by atoms with E-state index in [2.05, 4.69) is 0 Å². The number of methoxy groups -OCH3 is 1. The number of rotatable bonds is 7. The van der Waals surface area contributed by atoms with E-state index in [0.29, 0.717) is 35.8 Å². The van der Waals surface area contributed by atoms with Gasteiger partial charge in [0.05, 0.1) is 6.61 Å². The van der Waals surface area contributed by atoms with Gasteiger partial charge in [-0.1, -0.05) is 17.7 Å². The van der Waals surface area contributed by atoms with E-state index >= 15 is 0 Å². The molecule has 0 radical (unpaired) electrons. The van der Waals surface area contributed by atoms with Crippen molar-refractivity contribution in [1.29, 1.82) is 0 Å². The Morgan fingerprint density at radius 1 is 1.43 bits per heavy atom. The molecule has 0 heterocycles. The van der Waals surface area contributed by atoms with Crippen LogP contribution in [0.1, 0.15) is 22.8 Å². The molecule has 1 aromatic carbocycles. The molecule has 0 aliphatic rings.